The summed E-state index contributed by atoms with van der Waals surface area (Å²) in [4.78, 5) is 28.9. The highest BCUT2D eigenvalue weighted by Gasteiger charge is 2.24. The van der Waals surface area contributed by atoms with Crippen molar-refractivity contribution in [1.82, 2.24) is 14.9 Å². The topological polar surface area (TPSA) is 77.1 Å². The molecule has 6 heteroatoms. The van der Waals surface area contributed by atoms with Crippen LogP contribution in [0.25, 0.3) is 11.5 Å². The fourth-order valence-electron chi connectivity index (χ4n) is 3.48. The molecule has 26 heavy (non-hydrogen) atoms. The van der Waals surface area contributed by atoms with Crippen LogP contribution in [0.4, 0.5) is 0 Å². The molecule has 1 N–H and O–H groups in total. The van der Waals surface area contributed by atoms with E-state index in [2.05, 4.69) is 10.3 Å². The first-order valence-electron chi connectivity index (χ1n) is 8.63. The molecule has 0 bridgehead atoms. The zero-order valence-electron chi connectivity index (χ0n) is 14.4. The summed E-state index contributed by atoms with van der Waals surface area (Å²) in [6.45, 7) is 0. The van der Waals surface area contributed by atoms with E-state index < -0.39 is 0 Å². The molecule has 0 spiro atoms. The van der Waals surface area contributed by atoms with Crippen LogP contribution in [0.15, 0.2) is 58.1 Å². The van der Waals surface area contributed by atoms with E-state index in [0.717, 1.165) is 30.5 Å². The van der Waals surface area contributed by atoms with Gasteiger partial charge in [0, 0.05) is 30.6 Å². The van der Waals surface area contributed by atoms with E-state index in [1.807, 2.05) is 12.1 Å². The standard InChI is InChI=1S/C20H19N3O3/c1-23-17-5-2-4-15(14(17)7-8-19(23)24)22-20(25)13-9-10-21-16(12-13)18-6-3-11-26-18/h3,6-12,15H,2,4-5H2,1H3,(H,22,25). The maximum atomic E-state index is 12.8. The lowest BCUT2D eigenvalue weighted by molar-refractivity contribution is 0.0932. The number of nitrogens with one attached hydrogen (secondary N) is 1. The van der Waals surface area contributed by atoms with Crippen LogP contribution >= 0.6 is 0 Å². The van der Waals surface area contributed by atoms with Crippen molar-refractivity contribution in [3.8, 4) is 11.5 Å². The first kappa shape index (κ1) is 16.3. The van der Waals surface area contributed by atoms with Crippen LogP contribution in [0.5, 0.6) is 0 Å². The minimum absolute atomic E-state index is 0.0204. The van der Waals surface area contributed by atoms with Crippen molar-refractivity contribution >= 4 is 5.91 Å². The van der Waals surface area contributed by atoms with Gasteiger partial charge in [-0.05, 0) is 55.2 Å². The molecule has 3 aromatic rings. The van der Waals surface area contributed by atoms with E-state index in [4.69, 9.17) is 4.42 Å². The predicted octanol–water partition coefficient (Wildman–Crippen LogP) is 2.85. The van der Waals surface area contributed by atoms with Crippen molar-refractivity contribution in [3.63, 3.8) is 0 Å². The molecule has 0 saturated heterocycles. The van der Waals surface area contributed by atoms with Crippen LogP contribution in [0.1, 0.15) is 40.5 Å². The molecule has 0 saturated carbocycles. The highest BCUT2D eigenvalue weighted by atomic mass is 16.3. The van der Waals surface area contributed by atoms with Crippen molar-refractivity contribution in [2.75, 3.05) is 0 Å². The molecular weight excluding hydrogens is 330 g/mol. The van der Waals surface area contributed by atoms with Crippen molar-refractivity contribution in [2.45, 2.75) is 25.3 Å². The SMILES string of the molecule is Cn1c2c(ccc1=O)C(NC(=O)c1ccnc(-c3ccco3)c1)CCC2. The molecule has 1 atom stereocenters. The van der Waals surface area contributed by atoms with E-state index in [-0.39, 0.29) is 17.5 Å². The summed E-state index contributed by atoms with van der Waals surface area (Å²) in [5.74, 6) is 0.463. The molecule has 3 heterocycles. The number of carbonyl (C=O) groups is 1. The third kappa shape index (κ3) is 2.94. The number of aromatic nitrogens is 2. The average Bonchev–Trinajstić information content (AvgIpc) is 3.20. The number of carbonyl (C=O) groups excluding carboxylic acids is 1. The number of pyridine rings is 2. The first-order valence-corrected chi connectivity index (χ1v) is 8.63. The second-order valence-electron chi connectivity index (χ2n) is 6.46. The summed E-state index contributed by atoms with van der Waals surface area (Å²) in [5.41, 5.74) is 3.15. The first-order chi connectivity index (χ1) is 12.6. The van der Waals surface area contributed by atoms with Gasteiger partial charge in [0.1, 0.15) is 5.69 Å². The van der Waals surface area contributed by atoms with Crippen LogP contribution < -0.4 is 10.9 Å². The van der Waals surface area contributed by atoms with E-state index in [9.17, 15) is 9.59 Å². The van der Waals surface area contributed by atoms with E-state index >= 15 is 0 Å². The molecule has 1 amide bonds. The number of hydrogen-bond donors (Lipinski definition) is 1. The fraction of sp³-hybridized carbons (Fsp3) is 0.250. The molecule has 3 aromatic heterocycles. The molecule has 6 nitrogen and oxygen atoms in total. The lowest BCUT2D eigenvalue weighted by Crippen LogP contribution is -2.34. The summed E-state index contributed by atoms with van der Waals surface area (Å²) >= 11 is 0. The normalized spacial score (nSPS) is 16.1. The van der Waals surface area contributed by atoms with Gasteiger partial charge >= 0.3 is 0 Å². The molecule has 1 aliphatic rings. The van der Waals surface area contributed by atoms with Crippen molar-refractivity contribution in [1.29, 1.82) is 0 Å². The van der Waals surface area contributed by atoms with Crippen LogP contribution in [-0.4, -0.2) is 15.5 Å². The van der Waals surface area contributed by atoms with Crippen LogP contribution in [-0.2, 0) is 13.5 Å². The number of rotatable bonds is 3. The molecule has 0 aliphatic heterocycles. The molecular formula is C20H19N3O3. The maximum absolute atomic E-state index is 12.8. The summed E-state index contributed by atoms with van der Waals surface area (Å²) in [7, 11) is 1.78. The Labute approximate surface area is 150 Å². The maximum Gasteiger partial charge on any atom is 0.251 e. The molecule has 0 radical (unpaired) electrons. The Morgan fingerprint density at radius 3 is 3.00 bits per heavy atom. The molecule has 4 rings (SSSR count). The zero-order valence-corrected chi connectivity index (χ0v) is 14.4. The van der Waals surface area contributed by atoms with E-state index in [1.165, 1.54) is 0 Å². The van der Waals surface area contributed by atoms with Gasteiger partial charge in [-0.15, -0.1) is 0 Å². The van der Waals surface area contributed by atoms with E-state index in [0.29, 0.717) is 17.0 Å². The zero-order chi connectivity index (χ0) is 18.1. The average molecular weight is 349 g/mol. The Kier molecular flexibility index (Phi) is 4.16. The van der Waals surface area contributed by atoms with Gasteiger partial charge in [0.25, 0.3) is 5.91 Å². The number of amides is 1. The van der Waals surface area contributed by atoms with Crippen LogP contribution in [0.3, 0.4) is 0 Å². The van der Waals surface area contributed by atoms with Crippen LogP contribution in [0, 0.1) is 0 Å². The summed E-state index contributed by atoms with van der Waals surface area (Å²) in [6.07, 6.45) is 5.82. The largest absolute Gasteiger partial charge is 0.463 e. The lowest BCUT2D eigenvalue weighted by Gasteiger charge is -2.27. The highest BCUT2D eigenvalue weighted by molar-refractivity contribution is 5.95. The van der Waals surface area contributed by atoms with Gasteiger partial charge in [-0.3, -0.25) is 14.6 Å². The summed E-state index contributed by atoms with van der Waals surface area (Å²) < 4.78 is 7.02. The molecule has 0 aromatic carbocycles. The summed E-state index contributed by atoms with van der Waals surface area (Å²) in [6, 6.07) is 10.3. The monoisotopic (exact) mass is 349 g/mol. The third-order valence-corrected chi connectivity index (χ3v) is 4.86. The van der Waals surface area contributed by atoms with Gasteiger partial charge < -0.3 is 14.3 Å². The van der Waals surface area contributed by atoms with Gasteiger partial charge in [-0.2, -0.15) is 0 Å². The van der Waals surface area contributed by atoms with E-state index in [1.54, 1.807) is 48.3 Å². The Bertz CT molecular complexity index is 1010. The minimum Gasteiger partial charge on any atom is -0.463 e. The van der Waals surface area contributed by atoms with Gasteiger partial charge in [-0.1, -0.05) is 0 Å². The van der Waals surface area contributed by atoms with Gasteiger partial charge in [0.15, 0.2) is 5.76 Å². The third-order valence-electron chi connectivity index (χ3n) is 4.86. The summed E-state index contributed by atoms with van der Waals surface area (Å²) in [5, 5.41) is 3.10. The Morgan fingerprint density at radius 2 is 2.19 bits per heavy atom. The van der Waals surface area contributed by atoms with Crippen LogP contribution in [0.2, 0.25) is 0 Å². The second kappa shape index (κ2) is 6.63. The van der Waals surface area contributed by atoms with Crippen molar-refractivity contribution in [2.24, 2.45) is 7.05 Å². The molecule has 1 aliphatic carbocycles. The molecule has 1 unspecified atom stereocenters. The number of furan rings is 1. The molecule has 132 valence electrons. The Morgan fingerprint density at radius 1 is 1.31 bits per heavy atom. The predicted molar refractivity (Wildman–Crippen MR) is 96.8 cm³/mol. The number of hydrogen-bond acceptors (Lipinski definition) is 4. The number of fused-ring (bicyclic) bond motifs is 1. The second-order valence-corrected chi connectivity index (χ2v) is 6.46. The number of nitrogens with zero attached hydrogens (tertiary/aromatic N) is 2. The van der Waals surface area contributed by atoms with Gasteiger partial charge in [-0.25, -0.2) is 0 Å². The fourth-order valence-corrected chi connectivity index (χ4v) is 3.48. The Balaban J connectivity index is 1.60. The smallest absolute Gasteiger partial charge is 0.251 e. The van der Waals surface area contributed by atoms with Crippen molar-refractivity contribution in [3.05, 3.63) is 76.0 Å². The molecule has 0 fully saturated rings. The van der Waals surface area contributed by atoms with Crippen molar-refractivity contribution < 1.29 is 9.21 Å². The Hall–Kier alpha value is -3.15. The quantitative estimate of drug-likeness (QED) is 0.789. The lowest BCUT2D eigenvalue weighted by atomic mass is 9.90. The van der Waals surface area contributed by atoms with Gasteiger partial charge in [0.05, 0.1) is 12.3 Å². The van der Waals surface area contributed by atoms with Gasteiger partial charge in [0.2, 0.25) is 5.56 Å². The minimum atomic E-state index is -0.160. The highest BCUT2D eigenvalue weighted by Crippen LogP contribution is 2.29.